The molecule has 0 unspecified atom stereocenters. The minimum Gasteiger partial charge on any atom is -0.355 e. The highest BCUT2D eigenvalue weighted by Crippen LogP contribution is 2.17. The lowest BCUT2D eigenvalue weighted by atomic mass is 10.1. The Bertz CT molecular complexity index is 590. The third-order valence-electron chi connectivity index (χ3n) is 3.37. The Hall–Kier alpha value is -1.94. The molecule has 0 saturated carbocycles. The van der Waals surface area contributed by atoms with E-state index in [1.54, 1.807) is 0 Å². The summed E-state index contributed by atoms with van der Waals surface area (Å²) >= 11 is 0. The van der Waals surface area contributed by atoms with E-state index in [-0.39, 0.29) is 0 Å². The lowest BCUT2D eigenvalue weighted by Gasteiger charge is -2.20. The minimum atomic E-state index is 0.809. The molecule has 1 heterocycles. The van der Waals surface area contributed by atoms with Gasteiger partial charge in [0.05, 0.1) is 0 Å². The van der Waals surface area contributed by atoms with E-state index < -0.39 is 0 Å². The van der Waals surface area contributed by atoms with E-state index in [2.05, 4.69) is 65.2 Å². The van der Waals surface area contributed by atoms with Gasteiger partial charge in [-0.05, 0) is 39.1 Å². The van der Waals surface area contributed by atoms with Crippen LogP contribution in [0.15, 0.2) is 30.5 Å². The van der Waals surface area contributed by atoms with E-state index in [1.807, 2.05) is 20.0 Å². The molecule has 0 bridgehead atoms. The van der Waals surface area contributed by atoms with Gasteiger partial charge in [-0.15, -0.1) is 0 Å². The Balaban J connectivity index is 2.08. The van der Waals surface area contributed by atoms with Crippen molar-refractivity contribution < 1.29 is 0 Å². The summed E-state index contributed by atoms with van der Waals surface area (Å²) in [6.45, 7) is 5.79. The van der Waals surface area contributed by atoms with Gasteiger partial charge in [-0.1, -0.05) is 24.3 Å². The molecule has 21 heavy (non-hydrogen) atoms. The zero-order valence-electron chi connectivity index (χ0n) is 13.6. The third-order valence-corrected chi connectivity index (χ3v) is 3.37. The highest BCUT2D eigenvalue weighted by Gasteiger charge is 2.08. The third kappa shape index (κ3) is 4.26. The van der Waals surface area contributed by atoms with Gasteiger partial charge < -0.3 is 9.80 Å². The maximum atomic E-state index is 4.53. The van der Waals surface area contributed by atoms with Gasteiger partial charge in [0.2, 0.25) is 0 Å². The number of hydrogen-bond acceptors (Lipinski definition) is 4. The highest BCUT2D eigenvalue weighted by molar-refractivity contribution is 5.45. The minimum absolute atomic E-state index is 0.809. The Morgan fingerprint density at radius 2 is 1.48 bits per heavy atom. The van der Waals surface area contributed by atoms with Crippen molar-refractivity contribution in [2.24, 2.45) is 0 Å². The molecule has 0 aliphatic rings. The normalized spacial score (nSPS) is 11.0. The van der Waals surface area contributed by atoms with Gasteiger partial charge in [0.1, 0.15) is 11.6 Å². The Morgan fingerprint density at radius 3 is 2.05 bits per heavy atom. The summed E-state index contributed by atoms with van der Waals surface area (Å²) in [6.07, 6.45) is 1.88. The van der Waals surface area contributed by atoms with Crippen molar-refractivity contribution in [2.45, 2.75) is 26.9 Å². The molecule has 4 nitrogen and oxygen atoms in total. The summed E-state index contributed by atoms with van der Waals surface area (Å²) in [7, 11) is 6.24. The van der Waals surface area contributed by atoms with Crippen LogP contribution in [0.3, 0.4) is 0 Å². The van der Waals surface area contributed by atoms with Gasteiger partial charge in [0, 0.05) is 31.9 Å². The summed E-state index contributed by atoms with van der Waals surface area (Å²) in [5.74, 6) is 1.81. The molecule has 112 valence electrons. The second kappa shape index (κ2) is 6.68. The molecule has 2 aromatic rings. The molecule has 0 spiro atoms. The van der Waals surface area contributed by atoms with Crippen LogP contribution < -0.4 is 4.90 Å². The number of aryl methyl sites for hydroxylation is 2. The first-order valence-electron chi connectivity index (χ1n) is 7.19. The number of aromatic nitrogens is 2. The zero-order valence-corrected chi connectivity index (χ0v) is 13.6. The van der Waals surface area contributed by atoms with Crippen LogP contribution in [-0.2, 0) is 13.1 Å². The summed E-state index contributed by atoms with van der Waals surface area (Å²) in [5, 5.41) is 0. The highest BCUT2D eigenvalue weighted by atomic mass is 15.2. The second-order valence-corrected chi connectivity index (χ2v) is 5.83. The van der Waals surface area contributed by atoms with Crippen LogP contribution in [0.1, 0.15) is 22.5 Å². The first kappa shape index (κ1) is 15.4. The summed E-state index contributed by atoms with van der Waals surface area (Å²) < 4.78 is 0. The van der Waals surface area contributed by atoms with Crippen molar-refractivity contribution in [2.75, 3.05) is 26.0 Å². The van der Waals surface area contributed by atoms with Crippen LogP contribution >= 0.6 is 0 Å². The van der Waals surface area contributed by atoms with Crippen LogP contribution in [0.2, 0.25) is 0 Å². The summed E-state index contributed by atoms with van der Waals surface area (Å²) in [6, 6.07) is 8.78. The molecule has 1 aromatic carbocycles. The van der Waals surface area contributed by atoms with Crippen LogP contribution in [0, 0.1) is 13.8 Å². The van der Waals surface area contributed by atoms with Crippen molar-refractivity contribution >= 4 is 5.82 Å². The van der Waals surface area contributed by atoms with Gasteiger partial charge in [0.15, 0.2) is 0 Å². The molecule has 0 amide bonds. The molecule has 0 fully saturated rings. The van der Waals surface area contributed by atoms with Crippen LogP contribution in [-0.4, -0.2) is 36.0 Å². The summed E-state index contributed by atoms with van der Waals surface area (Å²) in [5.41, 5.74) is 3.73. The standard InChI is InChI=1S/C17H24N4/c1-13-10-18-14(2)19-17(13)21(5)12-16-8-6-15(7-9-16)11-20(3)4/h6-10H,11-12H2,1-5H3. The Morgan fingerprint density at radius 1 is 0.905 bits per heavy atom. The smallest absolute Gasteiger partial charge is 0.135 e. The topological polar surface area (TPSA) is 32.3 Å². The molecular formula is C17H24N4. The van der Waals surface area contributed by atoms with Gasteiger partial charge in [-0.2, -0.15) is 0 Å². The van der Waals surface area contributed by atoms with Crippen LogP contribution in [0.4, 0.5) is 5.82 Å². The molecule has 0 aliphatic carbocycles. The SMILES string of the molecule is Cc1ncc(C)c(N(C)Cc2ccc(CN(C)C)cc2)n1. The van der Waals surface area contributed by atoms with Gasteiger partial charge >= 0.3 is 0 Å². The number of rotatable bonds is 5. The number of anilines is 1. The fourth-order valence-corrected chi connectivity index (χ4v) is 2.37. The number of nitrogens with zero attached hydrogens (tertiary/aromatic N) is 4. The van der Waals surface area contributed by atoms with Gasteiger partial charge in [0.25, 0.3) is 0 Å². The zero-order chi connectivity index (χ0) is 15.4. The maximum Gasteiger partial charge on any atom is 0.135 e. The van der Waals surface area contributed by atoms with Crippen molar-refractivity contribution in [1.29, 1.82) is 0 Å². The van der Waals surface area contributed by atoms with Crippen LogP contribution in [0.5, 0.6) is 0 Å². The van der Waals surface area contributed by atoms with Gasteiger partial charge in [-0.25, -0.2) is 9.97 Å². The predicted molar refractivity (Wildman–Crippen MR) is 87.4 cm³/mol. The Labute approximate surface area is 127 Å². The Kier molecular flexibility index (Phi) is 4.91. The van der Waals surface area contributed by atoms with Crippen molar-refractivity contribution in [3.05, 3.63) is 53.0 Å². The molecule has 2 rings (SSSR count). The van der Waals surface area contributed by atoms with E-state index in [1.165, 1.54) is 11.1 Å². The second-order valence-electron chi connectivity index (χ2n) is 5.83. The average Bonchev–Trinajstić information content (AvgIpc) is 2.43. The molecule has 0 saturated heterocycles. The van der Waals surface area contributed by atoms with Crippen molar-refractivity contribution in [3.8, 4) is 0 Å². The fraction of sp³-hybridized carbons (Fsp3) is 0.412. The van der Waals surface area contributed by atoms with E-state index in [0.717, 1.165) is 30.3 Å². The largest absolute Gasteiger partial charge is 0.355 e. The lowest BCUT2D eigenvalue weighted by Crippen LogP contribution is -2.19. The molecule has 0 atom stereocenters. The monoisotopic (exact) mass is 284 g/mol. The van der Waals surface area contributed by atoms with Crippen molar-refractivity contribution in [1.82, 2.24) is 14.9 Å². The van der Waals surface area contributed by atoms with E-state index in [0.29, 0.717) is 0 Å². The molecule has 0 N–H and O–H groups in total. The molecule has 0 radical (unpaired) electrons. The fourth-order valence-electron chi connectivity index (χ4n) is 2.37. The molecule has 1 aromatic heterocycles. The van der Waals surface area contributed by atoms with Crippen LogP contribution in [0.25, 0.3) is 0 Å². The van der Waals surface area contributed by atoms with E-state index in [9.17, 15) is 0 Å². The first-order valence-corrected chi connectivity index (χ1v) is 7.19. The van der Waals surface area contributed by atoms with E-state index in [4.69, 9.17) is 0 Å². The predicted octanol–water partition coefficient (Wildman–Crippen LogP) is 2.79. The first-order chi connectivity index (χ1) is 9.95. The van der Waals surface area contributed by atoms with E-state index >= 15 is 0 Å². The number of hydrogen-bond donors (Lipinski definition) is 0. The molecular weight excluding hydrogens is 260 g/mol. The molecule has 0 aliphatic heterocycles. The quantitative estimate of drug-likeness (QED) is 0.845. The lowest BCUT2D eigenvalue weighted by molar-refractivity contribution is 0.402. The van der Waals surface area contributed by atoms with Crippen molar-refractivity contribution in [3.63, 3.8) is 0 Å². The summed E-state index contributed by atoms with van der Waals surface area (Å²) in [4.78, 5) is 13.1. The number of benzene rings is 1. The molecule has 4 heteroatoms. The van der Waals surface area contributed by atoms with Gasteiger partial charge in [-0.3, -0.25) is 0 Å². The maximum absolute atomic E-state index is 4.53. The average molecular weight is 284 g/mol.